The summed E-state index contributed by atoms with van der Waals surface area (Å²) >= 11 is 12.1. The van der Waals surface area contributed by atoms with Crippen LogP contribution in [0, 0.1) is 0 Å². The first kappa shape index (κ1) is 22.4. The van der Waals surface area contributed by atoms with Gasteiger partial charge < -0.3 is 4.74 Å². The van der Waals surface area contributed by atoms with Crippen molar-refractivity contribution in [2.45, 2.75) is 24.1 Å². The molecule has 6 nitrogen and oxygen atoms in total. The van der Waals surface area contributed by atoms with Crippen LogP contribution in [0.15, 0.2) is 41.4 Å². The number of benzene rings is 2. The van der Waals surface area contributed by atoms with E-state index in [1.165, 1.54) is 18.3 Å². The first-order chi connectivity index (χ1) is 13.8. The topological polar surface area (TPSA) is 78.3 Å². The molecule has 3 rings (SSSR count). The lowest BCUT2D eigenvalue weighted by molar-refractivity contribution is -0.189. The van der Waals surface area contributed by atoms with Crippen LogP contribution in [-0.4, -0.2) is 42.6 Å². The highest BCUT2D eigenvalue weighted by Crippen LogP contribution is 2.32. The number of rotatable bonds is 4. The molecule has 0 aliphatic rings. The molecule has 12 heteroatoms. The molecule has 0 fully saturated rings. The molecule has 1 atom stereocenters. The monoisotopic (exact) mass is 480 g/mol. The molecule has 2 aromatic carbocycles. The van der Waals surface area contributed by atoms with E-state index in [4.69, 9.17) is 27.9 Å². The van der Waals surface area contributed by atoms with Crippen LogP contribution in [0.2, 0.25) is 10.0 Å². The zero-order valence-electron chi connectivity index (χ0n) is 15.4. The first-order valence-corrected chi connectivity index (χ1v) is 10.9. The van der Waals surface area contributed by atoms with Gasteiger partial charge in [-0.15, -0.1) is 0 Å². The van der Waals surface area contributed by atoms with E-state index in [0.29, 0.717) is 10.4 Å². The van der Waals surface area contributed by atoms with Crippen molar-refractivity contribution in [3.05, 3.63) is 52.1 Å². The second-order valence-electron chi connectivity index (χ2n) is 6.42. The van der Waals surface area contributed by atoms with Crippen LogP contribution in [0.5, 0.6) is 5.75 Å². The van der Waals surface area contributed by atoms with E-state index >= 15 is 0 Å². The Balaban J connectivity index is 2.18. The third kappa shape index (κ3) is 4.40. The SMILES string of the molecule is CC(Oc1ccc(S(C)(=O)=O)cc1C(=O)n1ncc2cc(Cl)cc(Cl)c21)C(F)(F)F. The van der Waals surface area contributed by atoms with Gasteiger partial charge in [-0.3, -0.25) is 4.79 Å². The number of alkyl halides is 3. The van der Waals surface area contributed by atoms with Gasteiger partial charge in [0.25, 0.3) is 5.91 Å². The van der Waals surface area contributed by atoms with Crippen molar-refractivity contribution >= 4 is 49.8 Å². The van der Waals surface area contributed by atoms with Crippen LogP contribution in [0.3, 0.4) is 0 Å². The lowest BCUT2D eigenvalue weighted by Crippen LogP contribution is -2.32. The Morgan fingerprint density at radius 1 is 1.20 bits per heavy atom. The number of sulfone groups is 1. The number of ether oxygens (including phenoxy) is 1. The zero-order valence-corrected chi connectivity index (χ0v) is 17.7. The Labute approximate surface area is 179 Å². The van der Waals surface area contributed by atoms with Crippen molar-refractivity contribution in [3.63, 3.8) is 0 Å². The van der Waals surface area contributed by atoms with Gasteiger partial charge in [0.15, 0.2) is 15.9 Å². The molecule has 1 unspecified atom stereocenters. The van der Waals surface area contributed by atoms with Gasteiger partial charge in [0.2, 0.25) is 0 Å². The summed E-state index contributed by atoms with van der Waals surface area (Å²) in [6.45, 7) is 0.765. The van der Waals surface area contributed by atoms with Crippen LogP contribution in [0.25, 0.3) is 10.9 Å². The third-order valence-electron chi connectivity index (χ3n) is 4.15. The number of carbonyl (C=O) groups is 1. The Morgan fingerprint density at radius 3 is 2.47 bits per heavy atom. The molecule has 0 bridgehead atoms. The average Bonchev–Trinajstić information content (AvgIpc) is 3.03. The Morgan fingerprint density at radius 2 is 1.87 bits per heavy atom. The number of hydrogen-bond donors (Lipinski definition) is 0. The van der Waals surface area contributed by atoms with E-state index < -0.39 is 39.3 Å². The smallest absolute Gasteiger partial charge is 0.425 e. The van der Waals surface area contributed by atoms with Gasteiger partial charge in [-0.2, -0.15) is 23.0 Å². The minimum Gasteiger partial charge on any atom is -0.480 e. The molecular formula is C18H13Cl2F3N2O4S. The summed E-state index contributed by atoms with van der Waals surface area (Å²) in [7, 11) is -3.76. The number of carbonyl (C=O) groups excluding carboxylic acids is 1. The maximum Gasteiger partial charge on any atom is 0.425 e. The minimum atomic E-state index is -4.70. The summed E-state index contributed by atoms with van der Waals surface area (Å²) in [5, 5.41) is 4.71. The summed E-state index contributed by atoms with van der Waals surface area (Å²) in [6, 6.07) is 5.85. The van der Waals surface area contributed by atoms with Crippen molar-refractivity contribution in [1.29, 1.82) is 0 Å². The summed E-state index contributed by atoms with van der Waals surface area (Å²) in [5.74, 6) is -1.38. The summed E-state index contributed by atoms with van der Waals surface area (Å²) < 4.78 is 68.4. The standard InChI is InChI=1S/C18H13Cl2F3N2O4S/c1-9(18(21,22)23)29-15-4-3-12(30(2,27)28)7-13(15)17(26)25-16-10(8-24-25)5-11(19)6-14(16)20/h3-9H,1-2H3. The van der Waals surface area contributed by atoms with Gasteiger partial charge in [-0.05, 0) is 37.3 Å². The minimum absolute atomic E-state index is 0.0775. The molecule has 1 aromatic heterocycles. The first-order valence-electron chi connectivity index (χ1n) is 8.24. The van der Waals surface area contributed by atoms with E-state index in [1.54, 1.807) is 0 Å². The molecule has 3 aromatic rings. The molecule has 0 spiro atoms. The molecular weight excluding hydrogens is 468 g/mol. The molecule has 0 aliphatic heterocycles. The van der Waals surface area contributed by atoms with E-state index in [1.807, 2.05) is 0 Å². The number of nitrogens with zero attached hydrogens (tertiary/aromatic N) is 2. The quantitative estimate of drug-likeness (QED) is 0.537. The maximum atomic E-state index is 13.1. The average molecular weight is 481 g/mol. The molecule has 0 radical (unpaired) electrons. The van der Waals surface area contributed by atoms with Crippen molar-refractivity contribution in [2.24, 2.45) is 0 Å². The molecule has 1 heterocycles. The van der Waals surface area contributed by atoms with E-state index in [-0.39, 0.29) is 15.4 Å². The number of halogens is 5. The highest BCUT2D eigenvalue weighted by Gasteiger charge is 2.39. The fraction of sp³-hybridized carbons (Fsp3) is 0.222. The van der Waals surface area contributed by atoms with Crippen LogP contribution in [-0.2, 0) is 9.84 Å². The molecule has 160 valence electrons. The fourth-order valence-corrected chi connectivity index (χ4v) is 3.86. The predicted molar refractivity (Wildman–Crippen MR) is 105 cm³/mol. The predicted octanol–water partition coefficient (Wildman–Crippen LogP) is 4.76. The molecule has 30 heavy (non-hydrogen) atoms. The molecule has 0 saturated heterocycles. The Hall–Kier alpha value is -2.30. The highest BCUT2D eigenvalue weighted by molar-refractivity contribution is 7.90. The van der Waals surface area contributed by atoms with E-state index in [0.717, 1.165) is 36.1 Å². The van der Waals surface area contributed by atoms with E-state index in [2.05, 4.69) is 5.10 Å². The van der Waals surface area contributed by atoms with Gasteiger partial charge >= 0.3 is 6.18 Å². The summed E-state index contributed by atoms with van der Waals surface area (Å²) in [6.07, 6.45) is -4.75. The second kappa shape index (κ2) is 7.75. The van der Waals surface area contributed by atoms with Crippen molar-refractivity contribution < 1.29 is 31.1 Å². The fourth-order valence-electron chi connectivity index (χ4n) is 2.62. The van der Waals surface area contributed by atoms with E-state index in [9.17, 15) is 26.4 Å². The van der Waals surface area contributed by atoms with Gasteiger partial charge in [-0.1, -0.05) is 23.2 Å². The van der Waals surface area contributed by atoms with Gasteiger partial charge in [0, 0.05) is 16.7 Å². The lowest BCUT2D eigenvalue weighted by atomic mass is 10.1. The molecule has 0 saturated carbocycles. The van der Waals surface area contributed by atoms with Crippen LogP contribution >= 0.6 is 23.2 Å². The van der Waals surface area contributed by atoms with Crippen LogP contribution in [0.1, 0.15) is 17.3 Å². The maximum absolute atomic E-state index is 13.1. The highest BCUT2D eigenvalue weighted by atomic mass is 35.5. The summed E-state index contributed by atoms with van der Waals surface area (Å²) in [4.78, 5) is 12.9. The van der Waals surface area contributed by atoms with Gasteiger partial charge in [0.05, 0.1) is 27.2 Å². The van der Waals surface area contributed by atoms with Gasteiger partial charge in [0.1, 0.15) is 5.75 Å². The lowest BCUT2D eigenvalue weighted by Gasteiger charge is -2.20. The largest absolute Gasteiger partial charge is 0.480 e. The zero-order chi connectivity index (χ0) is 22.4. The van der Waals surface area contributed by atoms with Gasteiger partial charge in [-0.25, -0.2) is 8.42 Å². The molecule has 0 amide bonds. The van der Waals surface area contributed by atoms with Crippen LogP contribution in [0.4, 0.5) is 13.2 Å². The van der Waals surface area contributed by atoms with Crippen molar-refractivity contribution in [1.82, 2.24) is 9.78 Å². The van der Waals surface area contributed by atoms with Crippen molar-refractivity contribution in [2.75, 3.05) is 6.26 Å². The van der Waals surface area contributed by atoms with Crippen molar-refractivity contribution in [3.8, 4) is 5.75 Å². The molecule has 0 N–H and O–H groups in total. The van der Waals surface area contributed by atoms with Crippen LogP contribution < -0.4 is 4.74 Å². The number of aromatic nitrogens is 2. The molecule has 0 aliphatic carbocycles. The summed E-state index contributed by atoms with van der Waals surface area (Å²) in [5.41, 5.74) is -0.268. The Bertz CT molecular complexity index is 1260. The number of fused-ring (bicyclic) bond motifs is 1. The second-order valence-corrected chi connectivity index (χ2v) is 9.28. The Kier molecular flexibility index (Phi) is 5.78. The normalized spacial score (nSPS) is 13.4. The third-order valence-corrected chi connectivity index (χ3v) is 5.76. The number of hydrogen-bond acceptors (Lipinski definition) is 5.